The molecule has 0 spiro atoms. The lowest BCUT2D eigenvalue weighted by molar-refractivity contribution is -0.139. The highest BCUT2D eigenvalue weighted by Crippen LogP contribution is 2.30. The Morgan fingerprint density at radius 1 is 1.10 bits per heavy atom. The molecule has 9 nitrogen and oxygen atoms in total. The topological polar surface area (TPSA) is 122 Å². The molecule has 1 saturated heterocycles. The number of carbonyl (C=O) groups is 4. The number of nitrogens with one attached hydrogen (secondary N) is 1. The molecule has 1 aliphatic heterocycles. The van der Waals surface area contributed by atoms with Crippen molar-refractivity contribution in [2.45, 2.75) is 13.8 Å². The first-order chi connectivity index (χ1) is 14.8. The van der Waals surface area contributed by atoms with Crippen LogP contribution in [0.1, 0.15) is 18.1 Å². The summed E-state index contributed by atoms with van der Waals surface area (Å²) in [6.07, 6.45) is 1.33. The number of imide groups is 2. The number of aliphatic carboxylic acids is 1. The van der Waals surface area contributed by atoms with Gasteiger partial charge in [0.25, 0.3) is 11.8 Å². The molecule has 1 fully saturated rings. The number of carbonyl (C=O) groups excluding carboxylic acids is 3. The highest BCUT2D eigenvalue weighted by Gasteiger charge is 2.37. The molecule has 31 heavy (non-hydrogen) atoms. The zero-order valence-corrected chi connectivity index (χ0v) is 16.9. The number of anilines is 1. The minimum atomic E-state index is -1.14. The van der Waals surface area contributed by atoms with E-state index in [-0.39, 0.29) is 17.1 Å². The van der Waals surface area contributed by atoms with Gasteiger partial charge in [0.2, 0.25) is 0 Å². The number of hydrogen-bond acceptors (Lipinski definition) is 6. The SMILES string of the molecule is CCOc1cc(/C=C2\C(=O)NC(=O)N(c3ccccc3C)C2=O)ccc1OCC(=O)O. The zero-order valence-electron chi connectivity index (χ0n) is 16.9. The lowest BCUT2D eigenvalue weighted by Gasteiger charge is -2.27. The quantitative estimate of drug-likeness (QED) is 0.517. The highest BCUT2D eigenvalue weighted by atomic mass is 16.5. The van der Waals surface area contributed by atoms with Crippen molar-refractivity contribution in [2.24, 2.45) is 0 Å². The Morgan fingerprint density at radius 2 is 1.84 bits per heavy atom. The fourth-order valence-corrected chi connectivity index (χ4v) is 3.00. The number of hydrogen-bond donors (Lipinski definition) is 2. The fourth-order valence-electron chi connectivity index (χ4n) is 3.00. The number of urea groups is 1. The second kappa shape index (κ2) is 9.12. The Labute approximate surface area is 177 Å². The van der Waals surface area contributed by atoms with E-state index in [2.05, 4.69) is 5.32 Å². The normalized spacial score (nSPS) is 15.1. The van der Waals surface area contributed by atoms with Crippen molar-refractivity contribution in [3.05, 3.63) is 59.2 Å². The van der Waals surface area contributed by atoms with Gasteiger partial charge in [-0.05, 0) is 49.2 Å². The molecule has 2 N–H and O–H groups in total. The molecule has 4 amide bonds. The molecule has 0 aromatic heterocycles. The number of carboxylic acid groups (broad SMARTS) is 1. The van der Waals surface area contributed by atoms with Crippen molar-refractivity contribution in [3.63, 3.8) is 0 Å². The highest BCUT2D eigenvalue weighted by molar-refractivity contribution is 6.39. The molecule has 9 heteroatoms. The maximum atomic E-state index is 13.0. The minimum Gasteiger partial charge on any atom is -0.490 e. The van der Waals surface area contributed by atoms with Gasteiger partial charge < -0.3 is 14.6 Å². The molecule has 0 radical (unpaired) electrons. The number of carboxylic acids is 1. The summed E-state index contributed by atoms with van der Waals surface area (Å²) in [6, 6.07) is 10.5. The largest absolute Gasteiger partial charge is 0.490 e. The average Bonchev–Trinajstić information content (AvgIpc) is 2.72. The summed E-state index contributed by atoms with van der Waals surface area (Å²) in [5.41, 5.74) is 1.27. The molecule has 1 aliphatic rings. The molecular weight excluding hydrogens is 404 g/mol. The zero-order chi connectivity index (χ0) is 22.5. The summed E-state index contributed by atoms with van der Waals surface area (Å²) in [7, 11) is 0. The predicted molar refractivity (Wildman–Crippen MR) is 111 cm³/mol. The molecule has 0 saturated carbocycles. The van der Waals surface area contributed by atoms with Gasteiger partial charge in [0.15, 0.2) is 18.1 Å². The van der Waals surface area contributed by atoms with E-state index in [1.165, 1.54) is 18.2 Å². The maximum Gasteiger partial charge on any atom is 0.341 e. The number of aryl methyl sites for hydroxylation is 1. The van der Waals surface area contributed by atoms with Crippen LogP contribution in [0.15, 0.2) is 48.0 Å². The number of benzene rings is 2. The number of ether oxygens (including phenoxy) is 2. The monoisotopic (exact) mass is 424 g/mol. The fraction of sp³-hybridized carbons (Fsp3) is 0.182. The molecule has 0 unspecified atom stereocenters. The van der Waals surface area contributed by atoms with Gasteiger partial charge in [0, 0.05) is 0 Å². The third-order valence-corrected chi connectivity index (χ3v) is 4.39. The van der Waals surface area contributed by atoms with Crippen molar-refractivity contribution in [1.29, 1.82) is 0 Å². The van der Waals surface area contributed by atoms with E-state index in [0.717, 1.165) is 4.90 Å². The van der Waals surface area contributed by atoms with Crippen molar-refractivity contribution in [2.75, 3.05) is 18.1 Å². The summed E-state index contributed by atoms with van der Waals surface area (Å²) in [5, 5.41) is 11.0. The van der Waals surface area contributed by atoms with Crippen LogP contribution in [0.25, 0.3) is 6.08 Å². The second-order valence-electron chi connectivity index (χ2n) is 6.57. The van der Waals surface area contributed by atoms with Crippen molar-refractivity contribution >= 4 is 35.6 Å². The third-order valence-electron chi connectivity index (χ3n) is 4.39. The van der Waals surface area contributed by atoms with Crippen LogP contribution in [0.4, 0.5) is 10.5 Å². The van der Waals surface area contributed by atoms with Crippen LogP contribution in [-0.2, 0) is 14.4 Å². The van der Waals surface area contributed by atoms with Crippen LogP contribution in [0.5, 0.6) is 11.5 Å². The van der Waals surface area contributed by atoms with Crippen LogP contribution in [0.2, 0.25) is 0 Å². The number of amides is 4. The predicted octanol–water partition coefficient (Wildman–Crippen LogP) is 2.52. The molecule has 2 aromatic carbocycles. The maximum absolute atomic E-state index is 13.0. The molecule has 0 atom stereocenters. The molecule has 160 valence electrons. The molecule has 1 heterocycles. The van der Waals surface area contributed by atoms with Crippen LogP contribution in [0, 0.1) is 6.92 Å². The van der Waals surface area contributed by atoms with Gasteiger partial charge in [-0.3, -0.25) is 14.9 Å². The standard InChI is InChI=1S/C22H20N2O7/c1-3-30-18-11-14(8-9-17(18)31-12-19(25)26)10-15-20(27)23-22(29)24(21(15)28)16-7-5-4-6-13(16)2/h4-11H,3,12H2,1-2H3,(H,25,26)(H,23,27,29)/b15-10+. The molecule has 2 aromatic rings. The first-order valence-corrected chi connectivity index (χ1v) is 9.40. The van der Waals surface area contributed by atoms with Crippen LogP contribution >= 0.6 is 0 Å². The van der Waals surface area contributed by atoms with Crippen molar-refractivity contribution < 1.29 is 33.8 Å². The van der Waals surface area contributed by atoms with E-state index in [9.17, 15) is 19.2 Å². The molecule has 0 aliphatic carbocycles. The van der Waals surface area contributed by atoms with Gasteiger partial charge in [-0.25, -0.2) is 14.5 Å². The van der Waals surface area contributed by atoms with E-state index >= 15 is 0 Å². The Hall–Kier alpha value is -4.14. The first-order valence-electron chi connectivity index (χ1n) is 9.40. The van der Waals surface area contributed by atoms with E-state index in [1.807, 2.05) is 0 Å². The van der Waals surface area contributed by atoms with E-state index in [4.69, 9.17) is 14.6 Å². The van der Waals surface area contributed by atoms with Gasteiger partial charge in [0.1, 0.15) is 5.57 Å². The van der Waals surface area contributed by atoms with E-state index < -0.39 is 30.4 Å². The number of rotatable bonds is 7. The summed E-state index contributed by atoms with van der Waals surface area (Å²) >= 11 is 0. The van der Waals surface area contributed by atoms with Gasteiger partial charge in [-0.15, -0.1) is 0 Å². The summed E-state index contributed by atoms with van der Waals surface area (Å²) in [4.78, 5) is 49.4. The van der Waals surface area contributed by atoms with E-state index in [1.54, 1.807) is 44.2 Å². The number of para-hydroxylation sites is 1. The Balaban J connectivity index is 1.97. The molecule has 3 rings (SSSR count). The van der Waals surface area contributed by atoms with Gasteiger partial charge >= 0.3 is 12.0 Å². The number of nitrogens with zero attached hydrogens (tertiary/aromatic N) is 1. The smallest absolute Gasteiger partial charge is 0.341 e. The minimum absolute atomic E-state index is 0.211. The van der Waals surface area contributed by atoms with Gasteiger partial charge in [-0.2, -0.15) is 0 Å². The number of barbiturate groups is 1. The van der Waals surface area contributed by atoms with Crippen LogP contribution in [-0.4, -0.2) is 42.1 Å². The van der Waals surface area contributed by atoms with Crippen LogP contribution < -0.4 is 19.7 Å². The lowest BCUT2D eigenvalue weighted by Crippen LogP contribution is -2.54. The van der Waals surface area contributed by atoms with Crippen LogP contribution in [0.3, 0.4) is 0 Å². The summed E-state index contributed by atoms with van der Waals surface area (Å²) in [6.45, 7) is 3.24. The summed E-state index contributed by atoms with van der Waals surface area (Å²) < 4.78 is 10.7. The third kappa shape index (κ3) is 4.72. The Morgan fingerprint density at radius 3 is 2.52 bits per heavy atom. The van der Waals surface area contributed by atoms with E-state index in [0.29, 0.717) is 23.4 Å². The van der Waals surface area contributed by atoms with Gasteiger partial charge in [0.05, 0.1) is 12.3 Å². The van der Waals surface area contributed by atoms with Gasteiger partial charge in [-0.1, -0.05) is 24.3 Å². The Kier molecular flexibility index (Phi) is 6.35. The summed E-state index contributed by atoms with van der Waals surface area (Å²) in [5.74, 6) is -2.24. The molecule has 0 bridgehead atoms. The first kappa shape index (κ1) is 21.6. The Bertz CT molecular complexity index is 1090. The average molecular weight is 424 g/mol. The molecular formula is C22H20N2O7. The van der Waals surface area contributed by atoms with Crippen molar-refractivity contribution in [3.8, 4) is 11.5 Å². The lowest BCUT2D eigenvalue weighted by atomic mass is 10.1. The second-order valence-corrected chi connectivity index (χ2v) is 6.57. The van der Waals surface area contributed by atoms with Crippen molar-refractivity contribution in [1.82, 2.24) is 5.32 Å².